The maximum Gasteiger partial charge on any atom is 0.255 e. The predicted octanol–water partition coefficient (Wildman–Crippen LogP) is 4.10. The summed E-state index contributed by atoms with van der Waals surface area (Å²) in [5, 5.41) is 10.9. The van der Waals surface area contributed by atoms with E-state index in [1.165, 1.54) is 6.07 Å². The standard InChI is InChI=1S/C27H29ClN8O2/c1-3-36-15-23-25(34-36)33-24(13-30-23)31-16(2)17-5-4-6-20(11-17)32-26(37)18-7-8-21(22(28)12-18)27(38)35-10-9-19(29)14-35/h4-8,11-13,15-16,19H,3,9-10,14,29H2,1-2H3,(H,32,37)(H,31,33,34)/t16-,19+/m0/s1. The number of hydrogen-bond acceptors (Lipinski definition) is 7. The lowest BCUT2D eigenvalue weighted by Crippen LogP contribution is -2.32. The number of anilines is 2. The second-order valence-electron chi connectivity index (χ2n) is 9.39. The van der Waals surface area contributed by atoms with Crippen molar-refractivity contribution >= 4 is 46.1 Å². The van der Waals surface area contributed by atoms with E-state index in [9.17, 15) is 9.59 Å². The van der Waals surface area contributed by atoms with Crippen molar-refractivity contribution in [3.05, 3.63) is 76.6 Å². The van der Waals surface area contributed by atoms with Crippen LogP contribution in [0.5, 0.6) is 0 Å². The SMILES string of the molecule is CCn1cc2ncc(N[C@@H](C)c3cccc(NC(=O)c4ccc(C(=O)N5CC[C@@H](N)C5)c(Cl)c4)c3)nc2n1. The summed E-state index contributed by atoms with van der Waals surface area (Å²) in [4.78, 5) is 36.4. The van der Waals surface area contributed by atoms with Crippen LogP contribution in [0.15, 0.2) is 54.9 Å². The Morgan fingerprint density at radius 1 is 1.24 bits per heavy atom. The number of nitrogens with zero attached hydrogens (tertiary/aromatic N) is 5. The molecule has 4 aromatic rings. The fourth-order valence-electron chi connectivity index (χ4n) is 4.44. The summed E-state index contributed by atoms with van der Waals surface area (Å²) >= 11 is 6.39. The molecule has 0 radical (unpaired) electrons. The quantitative estimate of drug-likeness (QED) is 0.326. The number of rotatable bonds is 7. The van der Waals surface area contributed by atoms with E-state index in [0.29, 0.717) is 41.4 Å². The average Bonchev–Trinajstić information content (AvgIpc) is 3.54. The van der Waals surface area contributed by atoms with Crippen LogP contribution in [-0.4, -0.2) is 55.6 Å². The first-order valence-corrected chi connectivity index (χ1v) is 12.9. The molecule has 1 aliphatic heterocycles. The Hall–Kier alpha value is -4.02. The van der Waals surface area contributed by atoms with Gasteiger partial charge in [-0.15, -0.1) is 0 Å². The zero-order valence-corrected chi connectivity index (χ0v) is 21.9. The number of carbonyl (C=O) groups excluding carboxylic acids is 2. The Bertz CT molecular complexity index is 1500. The fourth-order valence-corrected chi connectivity index (χ4v) is 4.70. The fraction of sp³-hybridized carbons (Fsp3) is 0.296. The Balaban J connectivity index is 1.25. The van der Waals surface area contributed by atoms with Gasteiger partial charge in [0, 0.05) is 36.9 Å². The van der Waals surface area contributed by atoms with Gasteiger partial charge in [-0.3, -0.25) is 14.3 Å². The third-order valence-corrected chi connectivity index (χ3v) is 6.90. The van der Waals surface area contributed by atoms with Crippen LogP contribution in [0.25, 0.3) is 11.2 Å². The molecule has 5 rings (SSSR count). The van der Waals surface area contributed by atoms with Crippen molar-refractivity contribution < 1.29 is 9.59 Å². The van der Waals surface area contributed by atoms with Gasteiger partial charge in [-0.05, 0) is 56.2 Å². The maximum atomic E-state index is 12.9. The van der Waals surface area contributed by atoms with Crippen molar-refractivity contribution in [2.45, 2.75) is 38.9 Å². The molecule has 0 spiro atoms. The number of carbonyl (C=O) groups is 2. The smallest absolute Gasteiger partial charge is 0.255 e. The van der Waals surface area contributed by atoms with Crippen molar-refractivity contribution in [3.8, 4) is 0 Å². The lowest BCUT2D eigenvalue weighted by atomic mass is 10.1. The number of benzene rings is 2. The molecule has 1 fully saturated rings. The second-order valence-corrected chi connectivity index (χ2v) is 9.80. The number of aromatic nitrogens is 4. The van der Waals surface area contributed by atoms with E-state index in [1.807, 2.05) is 44.3 Å². The number of nitrogens with one attached hydrogen (secondary N) is 2. The first kappa shape index (κ1) is 25.6. The van der Waals surface area contributed by atoms with E-state index in [-0.39, 0.29) is 28.9 Å². The molecule has 0 aliphatic carbocycles. The summed E-state index contributed by atoms with van der Waals surface area (Å²) in [6.07, 6.45) is 4.32. The molecule has 2 aromatic heterocycles. The van der Waals surface area contributed by atoms with E-state index < -0.39 is 0 Å². The van der Waals surface area contributed by atoms with Crippen LogP contribution in [0.3, 0.4) is 0 Å². The first-order valence-electron chi connectivity index (χ1n) is 12.5. The van der Waals surface area contributed by atoms with Gasteiger partial charge in [0.05, 0.1) is 29.0 Å². The molecule has 0 unspecified atom stereocenters. The molecular formula is C27H29ClN8O2. The van der Waals surface area contributed by atoms with Crippen LogP contribution in [0.2, 0.25) is 5.02 Å². The number of fused-ring (bicyclic) bond motifs is 1. The van der Waals surface area contributed by atoms with Crippen LogP contribution in [0.4, 0.5) is 11.5 Å². The highest BCUT2D eigenvalue weighted by Crippen LogP contribution is 2.24. The third-order valence-electron chi connectivity index (χ3n) is 6.58. The summed E-state index contributed by atoms with van der Waals surface area (Å²) in [5.74, 6) is 0.113. The van der Waals surface area contributed by atoms with Gasteiger partial charge in [0.25, 0.3) is 11.8 Å². The van der Waals surface area contributed by atoms with Crippen molar-refractivity contribution in [2.24, 2.45) is 5.73 Å². The van der Waals surface area contributed by atoms with Crippen LogP contribution in [0, 0.1) is 0 Å². The van der Waals surface area contributed by atoms with Crippen molar-refractivity contribution in [3.63, 3.8) is 0 Å². The van der Waals surface area contributed by atoms with Crippen LogP contribution < -0.4 is 16.4 Å². The van der Waals surface area contributed by atoms with Gasteiger partial charge >= 0.3 is 0 Å². The largest absolute Gasteiger partial charge is 0.362 e. The zero-order valence-electron chi connectivity index (χ0n) is 21.2. The summed E-state index contributed by atoms with van der Waals surface area (Å²) in [7, 11) is 0. The molecular weight excluding hydrogens is 504 g/mol. The summed E-state index contributed by atoms with van der Waals surface area (Å²) < 4.78 is 1.80. The summed E-state index contributed by atoms with van der Waals surface area (Å²) in [6, 6.07) is 12.1. The highest BCUT2D eigenvalue weighted by Gasteiger charge is 2.26. The molecule has 196 valence electrons. The monoisotopic (exact) mass is 532 g/mol. The van der Waals surface area contributed by atoms with Crippen LogP contribution >= 0.6 is 11.6 Å². The Kier molecular flexibility index (Phi) is 7.26. The molecule has 2 amide bonds. The van der Waals surface area contributed by atoms with Crippen LogP contribution in [0.1, 0.15) is 52.6 Å². The van der Waals surface area contributed by atoms with E-state index in [1.54, 1.807) is 27.9 Å². The molecule has 2 atom stereocenters. The van der Waals surface area contributed by atoms with Gasteiger partial charge in [0.1, 0.15) is 11.3 Å². The normalized spacial score (nSPS) is 16.0. The van der Waals surface area contributed by atoms with Crippen LogP contribution in [-0.2, 0) is 6.54 Å². The zero-order chi connectivity index (χ0) is 26.8. The molecule has 11 heteroatoms. The topological polar surface area (TPSA) is 131 Å². The number of amides is 2. The van der Waals surface area contributed by atoms with Gasteiger partial charge in [-0.1, -0.05) is 23.7 Å². The number of nitrogens with two attached hydrogens (primary N) is 1. The molecule has 3 heterocycles. The molecule has 10 nitrogen and oxygen atoms in total. The van der Waals surface area contributed by atoms with Gasteiger partial charge in [-0.2, -0.15) is 5.10 Å². The minimum Gasteiger partial charge on any atom is -0.362 e. The van der Waals surface area contributed by atoms with E-state index in [0.717, 1.165) is 24.0 Å². The molecule has 2 aromatic carbocycles. The highest BCUT2D eigenvalue weighted by atomic mass is 35.5. The van der Waals surface area contributed by atoms with E-state index >= 15 is 0 Å². The number of aryl methyl sites for hydroxylation is 1. The molecule has 1 saturated heterocycles. The van der Waals surface area contributed by atoms with Crippen molar-refractivity contribution in [1.82, 2.24) is 24.6 Å². The number of likely N-dealkylation sites (tertiary alicyclic amines) is 1. The Morgan fingerprint density at radius 3 is 2.82 bits per heavy atom. The number of halogens is 1. The Morgan fingerprint density at radius 2 is 2.08 bits per heavy atom. The Labute approximate surface area is 225 Å². The predicted molar refractivity (Wildman–Crippen MR) is 147 cm³/mol. The number of hydrogen-bond donors (Lipinski definition) is 3. The maximum absolute atomic E-state index is 12.9. The van der Waals surface area contributed by atoms with Gasteiger partial charge < -0.3 is 21.3 Å². The molecule has 1 aliphatic rings. The molecule has 0 bridgehead atoms. The molecule has 38 heavy (non-hydrogen) atoms. The first-order chi connectivity index (χ1) is 18.3. The third kappa shape index (κ3) is 5.46. The summed E-state index contributed by atoms with van der Waals surface area (Å²) in [6.45, 7) is 5.87. The minimum atomic E-state index is -0.324. The summed E-state index contributed by atoms with van der Waals surface area (Å²) in [5.41, 5.74) is 9.55. The molecule has 0 saturated carbocycles. The van der Waals surface area contributed by atoms with Crippen molar-refractivity contribution in [2.75, 3.05) is 23.7 Å². The van der Waals surface area contributed by atoms with E-state index in [4.69, 9.17) is 17.3 Å². The highest BCUT2D eigenvalue weighted by molar-refractivity contribution is 6.34. The molecule has 4 N–H and O–H groups in total. The second kappa shape index (κ2) is 10.8. The van der Waals surface area contributed by atoms with E-state index in [2.05, 4.69) is 25.7 Å². The minimum absolute atomic E-state index is 0.0151. The van der Waals surface area contributed by atoms with Gasteiger partial charge in [0.15, 0.2) is 0 Å². The van der Waals surface area contributed by atoms with Gasteiger partial charge in [-0.25, -0.2) is 9.97 Å². The lowest BCUT2D eigenvalue weighted by molar-refractivity contribution is 0.0790. The lowest BCUT2D eigenvalue weighted by Gasteiger charge is -2.17. The average molecular weight is 533 g/mol. The van der Waals surface area contributed by atoms with Crippen molar-refractivity contribution in [1.29, 1.82) is 0 Å². The van der Waals surface area contributed by atoms with Gasteiger partial charge in [0.2, 0.25) is 5.65 Å².